The molecule has 1 rings (SSSR count). The van der Waals surface area contributed by atoms with Gasteiger partial charge in [-0.2, -0.15) is 0 Å². The number of rotatable bonds is 3. The van der Waals surface area contributed by atoms with Crippen LogP contribution in [0.25, 0.3) is 0 Å². The SMILES string of the molecule is CC/C=C\CCC#Cc1ccc(F)cc1. The quantitative estimate of drug-likeness (QED) is 0.396. The van der Waals surface area contributed by atoms with Crippen molar-refractivity contribution in [1.82, 2.24) is 0 Å². The fraction of sp³-hybridized carbons (Fsp3) is 0.286. The molecule has 1 heteroatoms. The third-order valence-corrected chi connectivity index (χ3v) is 1.92. The van der Waals surface area contributed by atoms with Crippen LogP contribution in [-0.2, 0) is 0 Å². The Balaban J connectivity index is 2.38. The molecule has 0 spiro atoms. The van der Waals surface area contributed by atoms with E-state index in [1.807, 2.05) is 0 Å². The van der Waals surface area contributed by atoms with Gasteiger partial charge in [0.1, 0.15) is 5.82 Å². The molecular weight excluding hydrogens is 187 g/mol. The molecule has 0 amide bonds. The summed E-state index contributed by atoms with van der Waals surface area (Å²) >= 11 is 0. The van der Waals surface area contributed by atoms with Crippen LogP contribution in [0.1, 0.15) is 31.7 Å². The van der Waals surface area contributed by atoms with Crippen molar-refractivity contribution in [2.75, 3.05) is 0 Å². The lowest BCUT2D eigenvalue weighted by Gasteiger charge is -1.89. The Kier molecular flexibility index (Phi) is 5.25. The zero-order valence-corrected chi connectivity index (χ0v) is 8.96. The predicted molar refractivity (Wildman–Crippen MR) is 61.9 cm³/mol. The Bertz CT molecular complexity index is 363. The van der Waals surface area contributed by atoms with Crippen molar-refractivity contribution >= 4 is 0 Å². The Morgan fingerprint density at radius 2 is 1.93 bits per heavy atom. The van der Waals surface area contributed by atoms with Crippen molar-refractivity contribution in [1.29, 1.82) is 0 Å². The molecule has 15 heavy (non-hydrogen) atoms. The van der Waals surface area contributed by atoms with Crippen LogP contribution in [0.15, 0.2) is 36.4 Å². The first-order valence-electron chi connectivity index (χ1n) is 5.22. The molecule has 0 aliphatic carbocycles. The molecule has 0 nitrogen and oxygen atoms in total. The van der Waals surface area contributed by atoms with Gasteiger partial charge >= 0.3 is 0 Å². The summed E-state index contributed by atoms with van der Waals surface area (Å²) in [5.41, 5.74) is 0.871. The van der Waals surface area contributed by atoms with E-state index in [2.05, 4.69) is 30.9 Å². The van der Waals surface area contributed by atoms with Crippen LogP contribution >= 0.6 is 0 Å². The molecule has 0 unspecified atom stereocenters. The molecular formula is C14H15F. The monoisotopic (exact) mass is 202 g/mol. The van der Waals surface area contributed by atoms with Crippen LogP contribution in [0, 0.1) is 17.7 Å². The van der Waals surface area contributed by atoms with Gasteiger partial charge in [0.05, 0.1) is 0 Å². The van der Waals surface area contributed by atoms with Gasteiger partial charge in [0.2, 0.25) is 0 Å². The van der Waals surface area contributed by atoms with Gasteiger partial charge in [-0.1, -0.05) is 30.9 Å². The van der Waals surface area contributed by atoms with Crippen LogP contribution < -0.4 is 0 Å². The van der Waals surface area contributed by atoms with Crippen LogP contribution in [-0.4, -0.2) is 0 Å². The minimum Gasteiger partial charge on any atom is -0.207 e. The number of hydrogen-bond acceptors (Lipinski definition) is 0. The van der Waals surface area contributed by atoms with Crippen LogP contribution in [0.3, 0.4) is 0 Å². The molecule has 0 N–H and O–H groups in total. The molecule has 0 aliphatic heterocycles. The second-order valence-electron chi connectivity index (χ2n) is 3.23. The van der Waals surface area contributed by atoms with Crippen molar-refractivity contribution in [3.05, 3.63) is 47.8 Å². The van der Waals surface area contributed by atoms with Gasteiger partial charge in [-0.15, -0.1) is 0 Å². The molecule has 0 saturated carbocycles. The third kappa shape index (κ3) is 5.02. The highest BCUT2D eigenvalue weighted by atomic mass is 19.1. The van der Waals surface area contributed by atoms with E-state index in [9.17, 15) is 4.39 Å². The Hall–Kier alpha value is -1.55. The molecule has 0 aliphatic rings. The molecule has 0 aromatic heterocycles. The smallest absolute Gasteiger partial charge is 0.123 e. The van der Waals surface area contributed by atoms with Crippen molar-refractivity contribution in [2.45, 2.75) is 26.2 Å². The van der Waals surface area contributed by atoms with Crippen molar-refractivity contribution in [3.8, 4) is 11.8 Å². The van der Waals surface area contributed by atoms with E-state index in [0.717, 1.165) is 24.8 Å². The van der Waals surface area contributed by atoms with Gasteiger partial charge in [0.25, 0.3) is 0 Å². The second-order valence-corrected chi connectivity index (χ2v) is 3.23. The Morgan fingerprint density at radius 1 is 1.20 bits per heavy atom. The maximum absolute atomic E-state index is 12.6. The number of unbranched alkanes of at least 4 members (excludes halogenated alkanes) is 1. The molecule has 1 aromatic rings. The summed E-state index contributed by atoms with van der Waals surface area (Å²) in [6.07, 6.45) is 7.19. The minimum absolute atomic E-state index is 0.216. The fourth-order valence-corrected chi connectivity index (χ4v) is 1.14. The highest BCUT2D eigenvalue weighted by molar-refractivity contribution is 5.33. The van der Waals surface area contributed by atoms with Crippen molar-refractivity contribution < 1.29 is 4.39 Å². The lowest BCUT2D eigenvalue weighted by molar-refractivity contribution is 0.627. The van der Waals surface area contributed by atoms with E-state index in [1.165, 1.54) is 12.1 Å². The number of halogens is 1. The van der Waals surface area contributed by atoms with E-state index in [-0.39, 0.29) is 5.82 Å². The van der Waals surface area contributed by atoms with Crippen LogP contribution in [0.2, 0.25) is 0 Å². The van der Waals surface area contributed by atoms with Crippen molar-refractivity contribution in [3.63, 3.8) is 0 Å². The molecule has 1 aromatic carbocycles. The zero-order chi connectivity index (χ0) is 10.9. The summed E-state index contributed by atoms with van der Waals surface area (Å²) in [7, 11) is 0. The number of allylic oxidation sites excluding steroid dienone is 2. The summed E-state index contributed by atoms with van der Waals surface area (Å²) in [6.45, 7) is 2.11. The van der Waals surface area contributed by atoms with E-state index in [0.29, 0.717) is 0 Å². The average Bonchev–Trinajstić information content (AvgIpc) is 2.26. The van der Waals surface area contributed by atoms with Gasteiger partial charge in [0, 0.05) is 12.0 Å². The van der Waals surface area contributed by atoms with Crippen LogP contribution in [0.4, 0.5) is 4.39 Å². The first-order chi connectivity index (χ1) is 7.33. The largest absolute Gasteiger partial charge is 0.207 e. The normalized spacial score (nSPS) is 10.0. The second kappa shape index (κ2) is 6.84. The minimum atomic E-state index is -0.216. The first kappa shape index (κ1) is 11.5. The summed E-state index contributed by atoms with van der Waals surface area (Å²) in [4.78, 5) is 0. The first-order valence-corrected chi connectivity index (χ1v) is 5.22. The number of hydrogen-bond donors (Lipinski definition) is 0. The van der Waals surface area contributed by atoms with Gasteiger partial charge < -0.3 is 0 Å². The molecule has 0 bridgehead atoms. The Labute approximate surface area is 90.8 Å². The summed E-state index contributed by atoms with van der Waals surface area (Å²) in [6, 6.07) is 6.26. The van der Waals surface area contributed by atoms with Gasteiger partial charge in [0.15, 0.2) is 0 Å². The molecule has 0 atom stereocenters. The van der Waals surface area contributed by atoms with Crippen LogP contribution in [0.5, 0.6) is 0 Å². The van der Waals surface area contributed by atoms with Gasteiger partial charge in [-0.05, 0) is 37.1 Å². The third-order valence-electron chi connectivity index (χ3n) is 1.92. The molecule has 0 radical (unpaired) electrons. The summed E-state index contributed by atoms with van der Waals surface area (Å²) in [5.74, 6) is 5.84. The number of benzene rings is 1. The van der Waals surface area contributed by atoms with E-state index >= 15 is 0 Å². The summed E-state index contributed by atoms with van der Waals surface area (Å²) < 4.78 is 12.6. The van der Waals surface area contributed by atoms with E-state index < -0.39 is 0 Å². The maximum Gasteiger partial charge on any atom is 0.123 e. The standard InChI is InChI=1S/C14H15F/c1-2-3-4-5-6-7-8-13-9-11-14(15)12-10-13/h3-4,9-12H,2,5-6H2,1H3/b4-3-. The van der Waals surface area contributed by atoms with Gasteiger partial charge in [-0.25, -0.2) is 4.39 Å². The topological polar surface area (TPSA) is 0 Å². The molecule has 0 saturated heterocycles. The van der Waals surface area contributed by atoms with E-state index in [4.69, 9.17) is 0 Å². The highest BCUT2D eigenvalue weighted by Gasteiger charge is 1.87. The predicted octanol–water partition coefficient (Wildman–Crippen LogP) is 3.92. The fourth-order valence-electron chi connectivity index (χ4n) is 1.14. The zero-order valence-electron chi connectivity index (χ0n) is 8.96. The molecule has 0 heterocycles. The highest BCUT2D eigenvalue weighted by Crippen LogP contribution is 2.01. The Morgan fingerprint density at radius 3 is 2.60 bits per heavy atom. The van der Waals surface area contributed by atoms with E-state index in [1.54, 1.807) is 12.1 Å². The maximum atomic E-state index is 12.6. The average molecular weight is 202 g/mol. The van der Waals surface area contributed by atoms with Crippen molar-refractivity contribution in [2.24, 2.45) is 0 Å². The van der Waals surface area contributed by atoms with Gasteiger partial charge in [-0.3, -0.25) is 0 Å². The lowest BCUT2D eigenvalue weighted by Crippen LogP contribution is -1.75. The lowest BCUT2D eigenvalue weighted by atomic mass is 10.2. The summed E-state index contributed by atoms with van der Waals surface area (Å²) in [5, 5.41) is 0. The molecule has 0 fully saturated rings. The molecule has 78 valence electrons.